The maximum Gasteiger partial charge on any atom is 0.225 e. The van der Waals surface area contributed by atoms with Crippen LogP contribution in [0.3, 0.4) is 0 Å². The van der Waals surface area contributed by atoms with Crippen LogP contribution in [0.5, 0.6) is 0 Å². The van der Waals surface area contributed by atoms with Crippen molar-refractivity contribution in [3.05, 3.63) is 65.5 Å². The Balaban J connectivity index is 2.15. The maximum absolute atomic E-state index is 12.7. The molecule has 0 aliphatic carbocycles. The minimum absolute atomic E-state index is 0.0134. The van der Waals surface area contributed by atoms with Gasteiger partial charge in [-0.2, -0.15) is 0 Å². The van der Waals surface area contributed by atoms with E-state index in [2.05, 4.69) is 11.1 Å². The highest BCUT2D eigenvalue weighted by atomic mass is 16.5. The summed E-state index contributed by atoms with van der Waals surface area (Å²) < 4.78 is 5.25. The van der Waals surface area contributed by atoms with Crippen LogP contribution in [0.1, 0.15) is 23.2 Å². The molecule has 0 saturated carbocycles. The summed E-state index contributed by atoms with van der Waals surface area (Å²) >= 11 is 0. The number of methoxy groups -OCH3 is 1. The fourth-order valence-electron chi connectivity index (χ4n) is 2.54. The van der Waals surface area contributed by atoms with Gasteiger partial charge in [-0.25, -0.2) is 0 Å². The molecule has 1 unspecified atom stereocenters. The van der Waals surface area contributed by atoms with Crippen molar-refractivity contribution in [1.82, 2.24) is 9.88 Å². The van der Waals surface area contributed by atoms with Crippen molar-refractivity contribution >= 4 is 5.91 Å². The third-order valence-electron chi connectivity index (χ3n) is 3.89. The standard InChI is InChI=1S/C19H25N3O2/c1-15-6-5-7-16(10-15)13-22(14-17-8-3-4-9-21-17)19(23)11-18(12-20)24-2/h3-10,18H,11-14,20H2,1-2H3. The molecule has 1 amide bonds. The summed E-state index contributed by atoms with van der Waals surface area (Å²) in [6, 6.07) is 13.9. The number of ether oxygens (including phenoxy) is 1. The SMILES string of the molecule is COC(CN)CC(=O)N(Cc1cccc(C)c1)Cc1ccccn1. The number of aromatic nitrogens is 1. The maximum atomic E-state index is 12.7. The molecule has 5 nitrogen and oxygen atoms in total. The predicted molar refractivity (Wildman–Crippen MR) is 94.1 cm³/mol. The Labute approximate surface area is 143 Å². The Hall–Kier alpha value is -2.24. The van der Waals surface area contributed by atoms with Gasteiger partial charge in [0.15, 0.2) is 0 Å². The minimum Gasteiger partial charge on any atom is -0.380 e. The number of amides is 1. The van der Waals surface area contributed by atoms with Gasteiger partial charge >= 0.3 is 0 Å². The number of benzene rings is 1. The van der Waals surface area contributed by atoms with E-state index in [4.69, 9.17) is 10.5 Å². The van der Waals surface area contributed by atoms with E-state index in [0.29, 0.717) is 19.6 Å². The van der Waals surface area contributed by atoms with Crippen LogP contribution in [0.4, 0.5) is 0 Å². The van der Waals surface area contributed by atoms with Crippen LogP contribution in [-0.4, -0.2) is 35.5 Å². The summed E-state index contributed by atoms with van der Waals surface area (Å²) in [5.74, 6) is 0.0134. The van der Waals surface area contributed by atoms with Gasteiger partial charge in [-0.3, -0.25) is 9.78 Å². The first-order chi connectivity index (χ1) is 11.6. The van der Waals surface area contributed by atoms with Gasteiger partial charge in [0.05, 0.1) is 24.8 Å². The lowest BCUT2D eigenvalue weighted by atomic mass is 10.1. The first-order valence-electron chi connectivity index (χ1n) is 8.08. The predicted octanol–water partition coefficient (Wildman–Crippen LogP) is 2.28. The number of carbonyl (C=O) groups excluding carboxylic acids is 1. The first kappa shape index (κ1) is 18.1. The van der Waals surface area contributed by atoms with Gasteiger partial charge in [-0.1, -0.05) is 35.9 Å². The molecule has 2 N–H and O–H groups in total. The fourth-order valence-corrected chi connectivity index (χ4v) is 2.54. The van der Waals surface area contributed by atoms with Crippen LogP contribution in [0.15, 0.2) is 48.7 Å². The molecule has 5 heteroatoms. The molecule has 1 aromatic heterocycles. The van der Waals surface area contributed by atoms with Gasteiger partial charge in [0, 0.05) is 26.4 Å². The van der Waals surface area contributed by atoms with Crippen LogP contribution >= 0.6 is 0 Å². The molecule has 2 aromatic rings. The Bertz CT molecular complexity index is 642. The molecule has 0 aliphatic heterocycles. The molecule has 0 aliphatic rings. The Morgan fingerprint density at radius 1 is 1.25 bits per heavy atom. The molecule has 0 fully saturated rings. The number of nitrogens with zero attached hydrogens (tertiary/aromatic N) is 2. The quantitative estimate of drug-likeness (QED) is 0.808. The third kappa shape index (κ3) is 5.44. The highest BCUT2D eigenvalue weighted by Crippen LogP contribution is 2.13. The average Bonchev–Trinajstić information content (AvgIpc) is 2.60. The smallest absolute Gasteiger partial charge is 0.225 e. The lowest BCUT2D eigenvalue weighted by Crippen LogP contribution is -2.35. The zero-order valence-electron chi connectivity index (χ0n) is 14.3. The zero-order chi connectivity index (χ0) is 17.4. The second-order valence-corrected chi connectivity index (χ2v) is 5.86. The number of nitrogens with two attached hydrogens (primary N) is 1. The van der Waals surface area contributed by atoms with Crippen molar-refractivity contribution in [3.63, 3.8) is 0 Å². The van der Waals surface area contributed by atoms with Gasteiger partial charge < -0.3 is 15.4 Å². The molecule has 128 valence electrons. The van der Waals surface area contributed by atoms with Crippen LogP contribution in [-0.2, 0) is 22.6 Å². The van der Waals surface area contributed by atoms with Crippen molar-refractivity contribution in [2.24, 2.45) is 5.73 Å². The lowest BCUT2D eigenvalue weighted by Gasteiger charge is -2.24. The molecule has 0 saturated heterocycles. The van der Waals surface area contributed by atoms with Gasteiger partial charge in [0.1, 0.15) is 0 Å². The van der Waals surface area contributed by atoms with E-state index >= 15 is 0 Å². The number of aryl methyl sites for hydroxylation is 1. The third-order valence-corrected chi connectivity index (χ3v) is 3.89. The fraction of sp³-hybridized carbons (Fsp3) is 0.368. The van der Waals surface area contributed by atoms with Crippen LogP contribution in [0.2, 0.25) is 0 Å². The van der Waals surface area contributed by atoms with E-state index in [0.717, 1.165) is 11.3 Å². The molecule has 2 rings (SSSR count). The summed E-state index contributed by atoms with van der Waals surface area (Å²) in [5, 5.41) is 0. The number of pyridine rings is 1. The first-order valence-corrected chi connectivity index (χ1v) is 8.08. The zero-order valence-corrected chi connectivity index (χ0v) is 14.3. The summed E-state index contributed by atoms with van der Waals surface area (Å²) in [4.78, 5) is 18.9. The highest BCUT2D eigenvalue weighted by molar-refractivity contribution is 5.76. The van der Waals surface area contributed by atoms with Crippen LogP contribution in [0, 0.1) is 6.92 Å². The Kier molecular flexibility index (Phi) is 6.90. The molecular weight excluding hydrogens is 302 g/mol. The number of hydrogen-bond acceptors (Lipinski definition) is 4. The molecule has 1 aromatic carbocycles. The number of rotatable bonds is 8. The summed E-state index contributed by atoms with van der Waals surface area (Å²) in [6.45, 7) is 3.38. The number of hydrogen-bond donors (Lipinski definition) is 1. The van der Waals surface area contributed by atoms with Crippen LogP contribution in [0.25, 0.3) is 0 Å². The number of carbonyl (C=O) groups is 1. The molecule has 0 bridgehead atoms. The summed E-state index contributed by atoms with van der Waals surface area (Å²) in [5.41, 5.74) is 8.78. The second kappa shape index (κ2) is 9.15. The molecule has 1 heterocycles. The second-order valence-electron chi connectivity index (χ2n) is 5.86. The van der Waals surface area contributed by atoms with E-state index in [1.807, 2.05) is 43.3 Å². The van der Waals surface area contributed by atoms with Crippen LogP contribution < -0.4 is 5.73 Å². The normalized spacial score (nSPS) is 12.0. The largest absolute Gasteiger partial charge is 0.380 e. The summed E-state index contributed by atoms with van der Waals surface area (Å²) in [7, 11) is 1.58. The van der Waals surface area contributed by atoms with E-state index in [9.17, 15) is 4.79 Å². The van der Waals surface area contributed by atoms with Crippen molar-refractivity contribution in [2.45, 2.75) is 32.5 Å². The van der Waals surface area contributed by atoms with Gasteiger partial charge in [-0.05, 0) is 24.6 Å². The van der Waals surface area contributed by atoms with Crippen molar-refractivity contribution < 1.29 is 9.53 Å². The Morgan fingerprint density at radius 2 is 2.08 bits per heavy atom. The topological polar surface area (TPSA) is 68.5 Å². The minimum atomic E-state index is -0.263. The average molecular weight is 327 g/mol. The van der Waals surface area contributed by atoms with Crippen molar-refractivity contribution in [3.8, 4) is 0 Å². The van der Waals surface area contributed by atoms with E-state index in [-0.39, 0.29) is 18.4 Å². The molecule has 0 spiro atoms. The summed E-state index contributed by atoms with van der Waals surface area (Å²) in [6.07, 6.45) is 1.75. The van der Waals surface area contributed by atoms with E-state index in [1.54, 1.807) is 18.2 Å². The lowest BCUT2D eigenvalue weighted by molar-refractivity contribution is -0.135. The monoisotopic (exact) mass is 327 g/mol. The van der Waals surface area contributed by atoms with Gasteiger partial charge in [0.25, 0.3) is 0 Å². The van der Waals surface area contributed by atoms with Gasteiger partial charge in [0.2, 0.25) is 5.91 Å². The van der Waals surface area contributed by atoms with E-state index in [1.165, 1.54) is 5.56 Å². The molecule has 24 heavy (non-hydrogen) atoms. The molecule has 1 atom stereocenters. The molecular formula is C19H25N3O2. The van der Waals surface area contributed by atoms with E-state index < -0.39 is 0 Å². The van der Waals surface area contributed by atoms with Crippen molar-refractivity contribution in [2.75, 3.05) is 13.7 Å². The Morgan fingerprint density at radius 3 is 2.71 bits per heavy atom. The highest BCUT2D eigenvalue weighted by Gasteiger charge is 2.19. The molecule has 0 radical (unpaired) electrons. The van der Waals surface area contributed by atoms with Crippen molar-refractivity contribution in [1.29, 1.82) is 0 Å². The van der Waals surface area contributed by atoms with Gasteiger partial charge in [-0.15, -0.1) is 0 Å².